The highest BCUT2D eigenvalue weighted by atomic mass is 35.5. The van der Waals surface area contributed by atoms with Gasteiger partial charge < -0.3 is 17.7 Å². The number of aromatic nitrogens is 2. The second-order valence-corrected chi connectivity index (χ2v) is 6.01. The summed E-state index contributed by atoms with van der Waals surface area (Å²) in [6, 6.07) is 2.78. The van der Waals surface area contributed by atoms with Crippen LogP contribution in [-0.4, -0.2) is 16.0 Å². The fourth-order valence-corrected chi connectivity index (χ4v) is 3.38. The summed E-state index contributed by atoms with van der Waals surface area (Å²) >= 11 is 1.74. The minimum atomic E-state index is 0. The minimum Gasteiger partial charge on any atom is -1.00 e. The van der Waals surface area contributed by atoms with Crippen molar-refractivity contribution in [3.8, 4) is 0 Å². The third-order valence-electron chi connectivity index (χ3n) is 3.40. The van der Waals surface area contributed by atoms with Crippen LogP contribution in [0.5, 0.6) is 0 Å². The predicted molar refractivity (Wildman–Crippen MR) is 72.6 cm³/mol. The van der Waals surface area contributed by atoms with Gasteiger partial charge in [-0.3, -0.25) is 0 Å². The summed E-state index contributed by atoms with van der Waals surface area (Å²) in [6.07, 6.45) is 8.28. The maximum absolute atomic E-state index is 4.40. The number of hydrogen-bond acceptors (Lipinski definition) is 4. The van der Waals surface area contributed by atoms with Crippen LogP contribution in [0.15, 0.2) is 12.4 Å². The van der Waals surface area contributed by atoms with Gasteiger partial charge in [0.2, 0.25) is 0 Å². The van der Waals surface area contributed by atoms with Crippen molar-refractivity contribution in [1.82, 2.24) is 9.97 Å². The van der Waals surface area contributed by atoms with Gasteiger partial charge in [-0.2, -0.15) is 0 Å². The molecule has 3 nitrogen and oxygen atoms in total. The Kier molecular flexibility index (Phi) is 4.40. The molecule has 1 aliphatic rings. The van der Waals surface area contributed by atoms with Crippen LogP contribution in [0.1, 0.15) is 37.0 Å². The van der Waals surface area contributed by atoms with Gasteiger partial charge in [0, 0.05) is 10.9 Å². The van der Waals surface area contributed by atoms with E-state index in [-0.39, 0.29) is 12.4 Å². The van der Waals surface area contributed by atoms with Gasteiger partial charge in [-0.1, -0.05) is 19.3 Å². The molecule has 98 valence electrons. The van der Waals surface area contributed by atoms with Crippen LogP contribution in [0.25, 0.3) is 10.2 Å². The van der Waals surface area contributed by atoms with Gasteiger partial charge in [-0.15, -0.1) is 11.3 Å². The Morgan fingerprint density at radius 2 is 2.00 bits per heavy atom. The van der Waals surface area contributed by atoms with Crippen molar-refractivity contribution < 1.29 is 12.4 Å². The molecule has 1 saturated carbocycles. The first kappa shape index (κ1) is 13.6. The third-order valence-corrected chi connectivity index (χ3v) is 4.36. The molecule has 1 fully saturated rings. The van der Waals surface area contributed by atoms with E-state index in [9.17, 15) is 0 Å². The molecule has 18 heavy (non-hydrogen) atoms. The standard InChI is InChI=1S/C13H17N3S.ClH/c1-9-7-11-12(14-8-15-13(11)17-9)16-10-5-3-2-4-6-10;/h7-8,10H,2-6H2,1H3,(H,14,15,16);1H/p-1. The maximum Gasteiger partial charge on any atom is 0.138 e. The van der Waals surface area contributed by atoms with Crippen LogP contribution in [0.4, 0.5) is 5.82 Å². The van der Waals surface area contributed by atoms with Crippen LogP contribution in [0.2, 0.25) is 0 Å². The summed E-state index contributed by atoms with van der Waals surface area (Å²) < 4.78 is 0. The zero-order valence-corrected chi connectivity index (χ0v) is 12.0. The number of hydrogen-bond donors (Lipinski definition) is 1. The third kappa shape index (κ3) is 2.75. The van der Waals surface area contributed by atoms with Crippen molar-refractivity contribution in [3.05, 3.63) is 17.3 Å². The number of rotatable bonds is 2. The van der Waals surface area contributed by atoms with E-state index in [4.69, 9.17) is 0 Å². The molecule has 0 radical (unpaired) electrons. The SMILES string of the molecule is Cc1cc2c(NC3CCCCC3)ncnc2s1.[Cl-]. The highest BCUT2D eigenvalue weighted by molar-refractivity contribution is 7.18. The normalized spacial score (nSPS) is 16.5. The summed E-state index contributed by atoms with van der Waals surface area (Å²) in [5.41, 5.74) is 0. The maximum atomic E-state index is 4.40. The second-order valence-electron chi connectivity index (χ2n) is 4.78. The lowest BCUT2D eigenvalue weighted by Crippen LogP contribution is -3.00. The molecule has 2 aromatic heterocycles. The first-order valence-corrected chi connectivity index (χ1v) is 7.12. The fraction of sp³-hybridized carbons (Fsp3) is 0.538. The number of nitrogens with zero attached hydrogens (tertiary/aromatic N) is 2. The average Bonchev–Trinajstić information content (AvgIpc) is 2.72. The van der Waals surface area contributed by atoms with Gasteiger partial charge >= 0.3 is 0 Å². The van der Waals surface area contributed by atoms with Gasteiger partial charge in [-0.05, 0) is 25.8 Å². The number of anilines is 1. The molecular formula is C13H17ClN3S-. The van der Waals surface area contributed by atoms with Crippen molar-refractivity contribution in [1.29, 1.82) is 0 Å². The largest absolute Gasteiger partial charge is 1.00 e. The summed E-state index contributed by atoms with van der Waals surface area (Å²) in [5.74, 6) is 1.02. The van der Waals surface area contributed by atoms with Crippen molar-refractivity contribution in [3.63, 3.8) is 0 Å². The smallest absolute Gasteiger partial charge is 0.138 e. The van der Waals surface area contributed by atoms with Crippen LogP contribution < -0.4 is 17.7 Å². The average molecular weight is 283 g/mol. The Balaban J connectivity index is 0.00000120. The molecule has 0 spiro atoms. The van der Waals surface area contributed by atoms with Crippen molar-refractivity contribution in [2.45, 2.75) is 45.1 Å². The van der Waals surface area contributed by atoms with Crippen molar-refractivity contribution >= 4 is 27.4 Å². The number of aryl methyl sites for hydroxylation is 1. The molecule has 0 saturated heterocycles. The molecule has 0 aromatic carbocycles. The first-order valence-electron chi connectivity index (χ1n) is 6.30. The molecule has 0 aliphatic heterocycles. The lowest BCUT2D eigenvalue weighted by Gasteiger charge is -2.23. The van der Waals surface area contributed by atoms with Crippen molar-refractivity contribution in [2.24, 2.45) is 0 Å². The van der Waals surface area contributed by atoms with E-state index in [1.165, 1.54) is 42.4 Å². The fourth-order valence-electron chi connectivity index (χ4n) is 2.53. The molecule has 0 unspecified atom stereocenters. The lowest BCUT2D eigenvalue weighted by atomic mass is 9.95. The number of nitrogens with one attached hydrogen (secondary N) is 1. The van der Waals surface area contributed by atoms with E-state index in [1.807, 2.05) is 0 Å². The van der Waals surface area contributed by atoms with Crippen LogP contribution in [-0.2, 0) is 0 Å². The summed E-state index contributed by atoms with van der Waals surface area (Å²) in [5, 5.41) is 4.77. The van der Waals surface area contributed by atoms with Crippen molar-refractivity contribution in [2.75, 3.05) is 5.32 Å². The predicted octanol–water partition coefficient (Wildman–Crippen LogP) is 0.748. The van der Waals surface area contributed by atoms with Gasteiger partial charge in [0.15, 0.2) is 0 Å². The lowest BCUT2D eigenvalue weighted by molar-refractivity contribution is -0.00000358. The number of fused-ring (bicyclic) bond motifs is 1. The molecule has 3 rings (SSSR count). The molecule has 0 amide bonds. The highest BCUT2D eigenvalue weighted by Gasteiger charge is 2.15. The number of halogens is 1. The van der Waals surface area contributed by atoms with E-state index in [2.05, 4.69) is 28.3 Å². The van der Waals surface area contributed by atoms with Gasteiger partial charge in [-0.25, -0.2) is 9.97 Å². The Morgan fingerprint density at radius 1 is 1.22 bits per heavy atom. The molecule has 5 heteroatoms. The van der Waals surface area contributed by atoms with Crippen LogP contribution >= 0.6 is 11.3 Å². The van der Waals surface area contributed by atoms with E-state index >= 15 is 0 Å². The van der Waals surface area contributed by atoms with E-state index < -0.39 is 0 Å². The van der Waals surface area contributed by atoms with Crippen LogP contribution in [0, 0.1) is 6.92 Å². The number of thiophene rings is 1. The molecule has 1 aliphatic carbocycles. The topological polar surface area (TPSA) is 37.8 Å². The Morgan fingerprint density at radius 3 is 2.78 bits per heavy atom. The zero-order chi connectivity index (χ0) is 11.7. The Hall–Kier alpha value is -0.870. The van der Waals surface area contributed by atoms with Gasteiger partial charge in [0.1, 0.15) is 17.0 Å². The molecule has 0 atom stereocenters. The second kappa shape index (κ2) is 5.85. The molecule has 0 bridgehead atoms. The summed E-state index contributed by atoms with van der Waals surface area (Å²) in [7, 11) is 0. The first-order chi connectivity index (χ1) is 8.33. The molecule has 1 N–H and O–H groups in total. The van der Waals surface area contributed by atoms with Gasteiger partial charge in [0.25, 0.3) is 0 Å². The van der Waals surface area contributed by atoms with E-state index in [1.54, 1.807) is 17.7 Å². The van der Waals surface area contributed by atoms with Crippen LogP contribution in [0.3, 0.4) is 0 Å². The van der Waals surface area contributed by atoms with Gasteiger partial charge in [0.05, 0.1) is 5.39 Å². The highest BCUT2D eigenvalue weighted by Crippen LogP contribution is 2.29. The summed E-state index contributed by atoms with van der Waals surface area (Å²) in [6.45, 7) is 2.12. The summed E-state index contributed by atoms with van der Waals surface area (Å²) in [4.78, 5) is 11.1. The molecule has 2 aromatic rings. The minimum absolute atomic E-state index is 0. The monoisotopic (exact) mass is 282 g/mol. The quantitative estimate of drug-likeness (QED) is 0.883. The van der Waals surface area contributed by atoms with E-state index in [0.29, 0.717) is 6.04 Å². The van der Waals surface area contributed by atoms with E-state index in [0.717, 1.165) is 10.6 Å². The Bertz CT molecular complexity index is 520. The Labute approximate surface area is 117 Å². The molecule has 2 heterocycles. The molecular weight excluding hydrogens is 266 g/mol. The zero-order valence-electron chi connectivity index (χ0n) is 10.4.